The smallest absolute Gasteiger partial charge is 0.387 e. The first-order valence-corrected chi connectivity index (χ1v) is 9.60. The van der Waals surface area contributed by atoms with E-state index >= 15 is 0 Å². The van der Waals surface area contributed by atoms with Crippen molar-refractivity contribution in [3.63, 3.8) is 0 Å². The summed E-state index contributed by atoms with van der Waals surface area (Å²) in [6.45, 7) is 7.93. The maximum absolute atomic E-state index is 12.6. The average Bonchev–Trinajstić information content (AvgIpc) is 2.63. The van der Waals surface area contributed by atoms with E-state index in [-0.39, 0.29) is 36.3 Å². The van der Waals surface area contributed by atoms with Gasteiger partial charge in [0.25, 0.3) is 0 Å². The van der Waals surface area contributed by atoms with Gasteiger partial charge in [0, 0.05) is 44.3 Å². The van der Waals surface area contributed by atoms with Crippen LogP contribution in [-0.2, 0) is 6.54 Å². The summed E-state index contributed by atoms with van der Waals surface area (Å²) in [6.07, 6.45) is 0.968. The number of alkyl halides is 2. The summed E-state index contributed by atoms with van der Waals surface area (Å²) in [5.41, 5.74) is 0.563. The van der Waals surface area contributed by atoms with Gasteiger partial charge in [-0.1, -0.05) is 0 Å². The molecule has 0 saturated carbocycles. The number of guanidine groups is 1. The first-order chi connectivity index (χ1) is 13.3. The summed E-state index contributed by atoms with van der Waals surface area (Å²) < 4.78 is 35.0. The molecule has 0 aliphatic rings. The Labute approximate surface area is 190 Å². The van der Waals surface area contributed by atoms with Gasteiger partial charge in [0.2, 0.25) is 0 Å². The van der Waals surface area contributed by atoms with Gasteiger partial charge in [0.1, 0.15) is 11.5 Å². The molecule has 0 spiro atoms. The molecule has 0 bridgehead atoms. The summed E-state index contributed by atoms with van der Waals surface area (Å²) >= 11 is 0. The molecule has 0 heterocycles. The van der Waals surface area contributed by atoms with Crippen molar-refractivity contribution >= 4 is 29.9 Å². The lowest BCUT2D eigenvalue weighted by molar-refractivity contribution is -0.0504. The molecule has 0 aliphatic carbocycles. The maximum atomic E-state index is 12.6. The van der Waals surface area contributed by atoms with Gasteiger partial charge in [-0.15, -0.1) is 24.0 Å². The van der Waals surface area contributed by atoms with Gasteiger partial charge in [-0.3, -0.25) is 9.89 Å². The molecule has 1 aromatic rings. The first kappa shape index (κ1) is 27.6. The van der Waals surface area contributed by atoms with E-state index in [0.717, 1.165) is 19.5 Å². The van der Waals surface area contributed by atoms with E-state index in [2.05, 4.69) is 53.0 Å². The number of methoxy groups -OCH3 is 1. The van der Waals surface area contributed by atoms with E-state index in [1.807, 2.05) is 0 Å². The molecule has 0 amide bonds. The summed E-state index contributed by atoms with van der Waals surface area (Å²) in [5, 5.41) is 6.38. The van der Waals surface area contributed by atoms with Crippen molar-refractivity contribution in [2.75, 3.05) is 27.2 Å². The van der Waals surface area contributed by atoms with Crippen molar-refractivity contribution in [1.82, 2.24) is 15.5 Å². The summed E-state index contributed by atoms with van der Waals surface area (Å²) in [4.78, 5) is 6.62. The zero-order valence-electron chi connectivity index (χ0n) is 18.2. The van der Waals surface area contributed by atoms with Crippen molar-refractivity contribution in [2.45, 2.75) is 59.4 Å². The van der Waals surface area contributed by atoms with Crippen LogP contribution in [0.25, 0.3) is 0 Å². The quantitative estimate of drug-likeness (QED) is 0.196. The number of aliphatic imine (C=N–C) groups is 1. The van der Waals surface area contributed by atoms with Crippen LogP contribution in [-0.4, -0.2) is 56.8 Å². The molecule has 0 saturated heterocycles. The minimum Gasteiger partial charge on any atom is -0.497 e. The Hall–Kier alpha value is -1.36. The van der Waals surface area contributed by atoms with Gasteiger partial charge in [0.15, 0.2) is 5.96 Å². The largest absolute Gasteiger partial charge is 0.497 e. The number of hydrogen-bond acceptors (Lipinski definition) is 4. The lowest BCUT2D eigenvalue weighted by Gasteiger charge is -2.30. The molecule has 1 rings (SSSR count). The van der Waals surface area contributed by atoms with Crippen LogP contribution in [0.15, 0.2) is 23.2 Å². The van der Waals surface area contributed by atoms with Gasteiger partial charge >= 0.3 is 6.61 Å². The number of hydrogen-bond donors (Lipinski definition) is 2. The molecule has 0 unspecified atom stereocenters. The van der Waals surface area contributed by atoms with Gasteiger partial charge in [-0.05, 0) is 52.3 Å². The number of nitrogens with one attached hydrogen (secondary N) is 2. The third-order valence-corrected chi connectivity index (χ3v) is 4.37. The zero-order valence-corrected chi connectivity index (χ0v) is 20.5. The number of rotatable bonds is 11. The van der Waals surface area contributed by atoms with E-state index in [1.54, 1.807) is 19.2 Å². The average molecular weight is 528 g/mol. The molecule has 1 aromatic carbocycles. The van der Waals surface area contributed by atoms with Crippen LogP contribution in [0.3, 0.4) is 0 Å². The second kappa shape index (κ2) is 14.6. The molecular weight excluding hydrogens is 493 g/mol. The minimum atomic E-state index is -2.88. The Morgan fingerprint density at radius 3 is 2.31 bits per heavy atom. The van der Waals surface area contributed by atoms with E-state index in [0.29, 0.717) is 29.4 Å². The van der Waals surface area contributed by atoms with E-state index in [9.17, 15) is 8.78 Å². The summed E-state index contributed by atoms with van der Waals surface area (Å²) in [6, 6.07) is 5.73. The van der Waals surface area contributed by atoms with Crippen LogP contribution in [0.5, 0.6) is 11.5 Å². The fraction of sp³-hybridized carbons (Fsp3) is 0.650. The van der Waals surface area contributed by atoms with E-state index in [4.69, 9.17) is 4.74 Å². The van der Waals surface area contributed by atoms with E-state index in [1.165, 1.54) is 13.2 Å². The highest BCUT2D eigenvalue weighted by atomic mass is 127. The van der Waals surface area contributed by atoms with Gasteiger partial charge in [-0.25, -0.2) is 0 Å². The Morgan fingerprint density at radius 2 is 1.79 bits per heavy atom. The standard InChI is InChI=1S/C20H34F2N4O2.HI/c1-14(2)26(15(3)4)11-7-10-24-20(23-5)25-13-16-12-17(27-6)8-9-18(16)28-19(21)22;/h8-9,12,14-15,19H,7,10-11,13H2,1-6H3,(H2,23,24,25);1H. The normalized spacial score (nSPS) is 11.8. The number of halogens is 3. The Balaban J connectivity index is 0.00000784. The molecule has 0 radical (unpaired) electrons. The molecule has 0 aliphatic heterocycles. The van der Waals surface area contributed by atoms with Crippen molar-refractivity contribution in [3.05, 3.63) is 23.8 Å². The second-order valence-electron chi connectivity index (χ2n) is 6.98. The topological polar surface area (TPSA) is 58.1 Å². The summed E-state index contributed by atoms with van der Waals surface area (Å²) in [5.74, 6) is 1.29. The first-order valence-electron chi connectivity index (χ1n) is 9.60. The lowest BCUT2D eigenvalue weighted by Crippen LogP contribution is -2.41. The van der Waals surface area contributed by atoms with Crippen molar-refractivity contribution < 1.29 is 18.3 Å². The molecule has 9 heteroatoms. The molecule has 29 heavy (non-hydrogen) atoms. The number of nitrogens with zero attached hydrogens (tertiary/aromatic N) is 2. The SMILES string of the molecule is CN=C(NCCCN(C(C)C)C(C)C)NCc1cc(OC)ccc1OC(F)F.I. The molecule has 168 valence electrons. The number of ether oxygens (including phenoxy) is 2. The second-order valence-corrected chi connectivity index (χ2v) is 6.98. The maximum Gasteiger partial charge on any atom is 0.387 e. The van der Waals surface area contributed by atoms with Crippen LogP contribution in [0.1, 0.15) is 39.7 Å². The van der Waals surface area contributed by atoms with Crippen LogP contribution in [0.2, 0.25) is 0 Å². The highest BCUT2D eigenvalue weighted by Crippen LogP contribution is 2.25. The van der Waals surface area contributed by atoms with Gasteiger partial charge < -0.3 is 20.1 Å². The Bertz CT molecular complexity index is 608. The molecule has 0 fully saturated rings. The number of benzene rings is 1. The molecule has 2 N–H and O–H groups in total. The Morgan fingerprint density at radius 1 is 1.14 bits per heavy atom. The highest BCUT2D eigenvalue weighted by Gasteiger charge is 2.13. The highest BCUT2D eigenvalue weighted by molar-refractivity contribution is 14.0. The lowest BCUT2D eigenvalue weighted by atomic mass is 10.2. The van der Waals surface area contributed by atoms with Gasteiger partial charge in [-0.2, -0.15) is 8.78 Å². The molecular formula is C20H35F2IN4O2. The Kier molecular flexibility index (Phi) is 13.9. The predicted molar refractivity (Wildman–Crippen MR) is 125 cm³/mol. The molecule has 6 nitrogen and oxygen atoms in total. The third kappa shape index (κ3) is 10.3. The fourth-order valence-electron chi connectivity index (χ4n) is 3.01. The van der Waals surface area contributed by atoms with Crippen LogP contribution in [0.4, 0.5) is 8.78 Å². The van der Waals surface area contributed by atoms with Crippen molar-refractivity contribution in [2.24, 2.45) is 4.99 Å². The minimum absolute atomic E-state index is 0. The fourth-order valence-corrected chi connectivity index (χ4v) is 3.01. The van der Waals surface area contributed by atoms with Crippen LogP contribution < -0.4 is 20.1 Å². The van der Waals surface area contributed by atoms with Crippen LogP contribution in [0, 0.1) is 0 Å². The zero-order chi connectivity index (χ0) is 21.1. The van der Waals surface area contributed by atoms with Crippen molar-refractivity contribution in [1.29, 1.82) is 0 Å². The monoisotopic (exact) mass is 528 g/mol. The predicted octanol–water partition coefficient (Wildman–Crippen LogP) is 4.09. The third-order valence-electron chi connectivity index (χ3n) is 4.37. The van der Waals surface area contributed by atoms with Gasteiger partial charge in [0.05, 0.1) is 7.11 Å². The van der Waals surface area contributed by atoms with Crippen molar-refractivity contribution in [3.8, 4) is 11.5 Å². The van der Waals surface area contributed by atoms with E-state index < -0.39 is 6.61 Å². The molecule has 0 aromatic heterocycles. The van der Waals surface area contributed by atoms with Crippen LogP contribution >= 0.6 is 24.0 Å². The summed E-state index contributed by atoms with van der Waals surface area (Å²) in [7, 11) is 3.20. The molecule has 0 atom stereocenters.